The molecule has 0 saturated heterocycles. The number of benzene rings is 1. The van der Waals surface area contributed by atoms with Crippen molar-refractivity contribution in [3.8, 4) is 11.5 Å². The summed E-state index contributed by atoms with van der Waals surface area (Å²) in [6, 6.07) is 6.64. The maximum atomic E-state index is 11.0. The van der Waals surface area contributed by atoms with Crippen LogP contribution < -0.4 is 4.74 Å². The van der Waals surface area contributed by atoms with Crippen molar-refractivity contribution >= 4 is 21.9 Å². The van der Waals surface area contributed by atoms with Crippen LogP contribution in [0.2, 0.25) is 0 Å². The largest absolute Gasteiger partial charge is 0.478 e. The molecule has 0 fully saturated rings. The molecule has 18 heavy (non-hydrogen) atoms. The number of rotatable bonds is 3. The van der Waals surface area contributed by atoms with Gasteiger partial charge in [-0.1, -0.05) is 6.07 Å². The molecule has 1 N–H and O–H groups in total. The highest BCUT2D eigenvalue weighted by Gasteiger charge is 2.12. The fraction of sp³-hybridized carbons (Fsp3) is 0.0769. The number of halogens is 1. The zero-order valence-corrected chi connectivity index (χ0v) is 11.1. The Labute approximate surface area is 112 Å². The van der Waals surface area contributed by atoms with E-state index in [-0.39, 0.29) is 5.56 Å². The summed E-state index contributed by atoms with van der Waals surface area (Å²) in [6.07, 6.45) is 3.22. The molecule has 5 heteroatoms. The lowest BCUT2D eigenvalue weighted by Gasteiger charge is -2.11. The van der Waals surface area contributed by atoms with Gasteiger partial charge in [0.1, 0.15) is 11.5 Å². The van der Waals surface area contributed by atoms with E-state index in [1.165, 1.54) is 0 Å². The number of nitrogens with zero attached hydrogens (tertiary/aromatic N) is 1. The molecule has 1 aromatic carbocycles. The normalized spacial score (nSPS) is 10.1. The molecule has 1 aromatic heterocycles. The summed E-state index contributed by atoms with van der Waals surface area (Å²) >= 11 is 3.32. The van der Waals surface area contributed by atoms with Crippen LogP contribution in [-0.4, -0.2) is 16.1 Å². The number of hydrogen-bond donors (Lipinski definition) is 1. The highest BCUT2D eigenvalue weighted by atomic mass is 79.9. The van der Waals surface area contributed by atoms with E-state index < -0.39 is 5.97 Å². The van der Waals surface area contributed by atoms with Gasteiger partial charge in [0.15, 0.2) is 0 Å². The molecule has 0 amide bonds. The summed E-state index contributed by atoms with van der Waals surface area (Å²) in [5, 5.41) is 9.04. The van der Waals surface area contributed by atoms with Crippen molar-refractivity contribution < 1.29 is 14.6 Å². The third-order valence-electron chi connectivity index (χ3n) is 2.47. The third kappa shape index (κ3) is 2.51. The molecule has 2 rings (SSSR count). The first-order valence-corrected chi connectivity index (χ1v) is 5.99. The van der Waals surface area contributed by atoms with E-state index in [1.807, 2.05) is 0 Å². The van der Waals surface area contributed by atoms with E-state index >= 15 is 0 Å². The Kier molecular flexibility index (Phi) is 3.62. The first-order chi connectivity index (χ1) is 8.59. The summed E-state index contributed by atoms with van der Waals surface area (Å²) < 4.78 is 6.39. The maximum Gasteiger partial charge on any atom is 0.336 e. The van der Waals surface area contributed by atoms with Crippen molar-refractivity contribution in [2.45, 2.75) is 6.92 Å². The molecular weight excluding hydrogens is 298 g/mol. The average molecular weight is 308 g/mol. The highest BCUT2D eigenvalue weighted by Crippen LogP contribution is 2.31. The summed E-state index contributed by atoms with van der Waals surface area (Å²) in [5.41, 5.74) is 0.825. The Hall–Kier alpha value is -1.88. The van der Waals surface area contributed by atoms with Crippen molar-refractivity contribution in [2.24, 2.45) is 0 Å². The molecule has 0 saturated carbocycles. The Morgan fingerprint density at radius 2 is 2.11 bits per heavy atom. The lowest BCUT2D eigenvalue weighted by molar-refractivity contribution is 0.0695. The van der Waals surface area contributed by atoms with Gasteiger partial charge in [-0.15, -0.1) is 0 Å². The predicted octanol–water partition coefficient (Wildman–Crippen LogP) is 3.64. The molecule has 4 nitrogen and oxygen atoms in total. The third-order valence-corrected chi connectivity index (χ3v) is 3.07. The first-order valence-electron chi connectivity index (χ1n) is 5.20. The molecule has 0 bridgehead atoms. The molecule has 2 aromatic rings. The maximum absolute atomic E-state index is 11.0. The summed E-state index contributed by atoms with van der Waals surface area (Å²) in [6.45, 7) is 1.72. The van der Waals surface area contributed by atoms with Crippen molar-refractivity contribution in [1.82, 2.24) is 4.98 Å². The molecule has 0 aliphatic carbocycles. The number of carboxylic acids is 1. The van der Waals surface area contributed by atoms with Crippen LogP contribution in [0.15, 0.2) is 41.1 Å². The standard InChI is InChI=1S/C13H10BrNO3/c1-8-9(13(16)17)3-2-4-11(8)18-12-5-6-15-7-10(12)14/h2-7H,1H3,(H,16,17). The number of aromatic carboxylic acids is 1. The minimum absolute atomic E-state index is 0.234. The van der Waals surface area contributed by atoms with E-state index in [0.29, 0.717) is 21.5 Å². The number of ether oxygens (including phenoxy) is 1. The molecule has 0 aliphatic rings. The van der Waals surface area contributed by atoms with Crippen LogP contribution in [-0.2, 0) is 0 Å². The molecule has 0 unspecified atom stereocenters. The molecule has 0 spiro atoms. The van der Waals surface area contributed by atoms with Gasteiger partial charge in [0.2, 0.25) is 0 Å². The van der Waals surface area contributed by atoms with Gasteiger partial charge in [0, 0.05) is 24.0 Å². The highest BCUT2D eigenvalue weighted by molar-refractivity contribution is 9.10. The second kappa shape index (κ2) is 5.18. The molecular formula is C13H10BrNO3. The quantitative estimate of drug-likeness (QED) is 0.940. The van der Waals surface area contributed by atoms with Crippen molar-refractivity contribution in [3.05, 3.63) is 52.3 Å². The van der Waals surface area contributed by atoms with Crippen LogP contribution in [0.25, 0.3) is 0 Å². The Morgan fingerprint density at radius 3 is 2.78 bits per heavy atom. The second-order valence-corrected chi connectivity index (χ2v) is 4.50. The topological polar surface area (TPSA) is 59.4 Å². The summed E-state index contributed by atoms with van der Waals surface area (Å²) in [7, 11) is 0. The zero-order chi connectivity index (χ0) is 13.1. The van der Waals surface area contributed by atoms with Gasteiger partial charge in [-0.3, -0.25) is 4.98 Å². The Morgan fingerprint density at radius 1 is 1.33 bits per heavy atom. The summed E-state index contributed by atoms with van der Waals surface area (Å²) in [4.78, 5) is 15.0. The fourth-order valence-corrected chi connectivity index (χ4v) is 1.85. The molecule has 0 atom stereocenters. The first kappa shape index (κ1) is 12.6. The van der Waals surface area contributed by atoms with E-state index in [4.69, 9.17) is 9.84 Å². The number of aromatic nitrogens is 1. The van der Waals surface area contributed by atoms with Gasteiger partial charge in [0.25, 0.3) is 0 Å². The fourth-order valence-electron chi connectivity index (χ4n) is 1.52. The molecule has 92 valence electrons. The molecule has 0 radical (unpaired) electrons. The van der Waals surface area contributed by atoms with Crippen LogP contribution in [0.4, 0.5) is 0 Å². The molecule has 1 heterocycles. The van der Waals surface area contributed by atoms with Crippen LogP contribution >= 0.6 is 15.9 Å². The number of carbonyl (C=O) groups is 1. The van der Waals surface area contributed by atoms with Gasteiger partial charge in [-0.25, -0.2) is 4.79 Å². The minimum Gasteiger partial charge on any atom is -0.478 e. The van der Waals surface area contributed by atoms with E-state index in [9.17, 15) is 4.79 Å². The zero-order valence-electron chi connectivity index (χ0n) is 9.55. The second-order valence-electron chi connectivity index (χ2n) is 3.64. The Balaban J connectivity index is 2.39. The van der Waals surface area contributed by atoms with Crippen molar-refractivity contribution in [1.29, 1.82) is 0 Å². The van der Waals surface area contributed by atoms with E-state index in [1.54, 1.807) is 43.6 Å². The number of hydrogen-bond acceptors (Lipinski definition) is 3. The number of pyridine rings is 1. The van der Waals surface area contributed by atoms with Crippen LogP contribution in [0.5, 0.6) is 11.5 Å². The van der Waals surface area contributed by atoms with E-state index in [0.717, 1.165) is 0 Å². The summed E-state index contributed by atoms with van der Waals surface area (Å²) in [5.74, 6) is 0.143. The smallest absolute Gasteiger partial charge is 0.336 e. The van der Waals surface area contributed by atoms with Crippen LogP contribution in [0.3, 0.4) is 0 Å². The van der Waals surface area contributed by atoms with Gasteiger partial charge < -0.3 is 9.84 Å². The van der Waals surface area contributed by atoms with Crippen molar-refractivity contribution in [3.63, 3.8) is 0 Å². The van der Waals surface area contributed by atoms with Gasteiger partial charge in [-0.05, 0) is 35.0 Å². The minimum atomic E-state index is -0.966. The van der Waals surface area contributed by atoms with E-state index in [2.05, 4.69) is 20.9 Å². The SMILES string of the molecule is Cc1c(Oc2ccncc2Br)cccc1C(=O)O. The Bertz CT molecular complexity index is 599. The monoisotopic (exact) mass is 307 g/mol. The molecule has 0 aliphatic heterocycles. The number of carboxylic acid groups (broad SMARTS) is 1. The van der Waals surface area contributed by atoms with Gasteiger partial charge in [-0.2, -0.15) is 0 Å². The van der Waals surface area contributed by atoms with Crippen LogP contribution in [0.1, 0.15) is 15.9 Å². The predicted molar refractivity (Wildman–Crippen MR) is 70.1 cm³/mol. The van der Waals surface area contributed by atoms with Gasteiger partial charge in [0.05, 0.1) is 10.0 Å². The van der Waals surface area contributed by atoms with Crippen LogP contribution in [0, 0.1) is 6.92 Å². The lowest BCUT2D eigenvalue weighted by atomic mass is 10.1. The lowest BCUT2D eigenvalue weighted by Crippen LogP contribution is -2.01. The average Bonchev–Trinajstić information content (AvgIpc) is 2.34. The van der Waals surface area contributed by atoms with Gasteiger partial charge >= 0.3 is 5.97 Å². The van der Waals surface area contributed by atoms with Crippen molar-refractivity contribution in [2.75, 3.05) is 0 Å².